The van der Waals surface area contributed by atoms with Crippen molar-refractivity contribution < 1.29 is 17.2 Å². The highest BCUT2D eigenvalue weighted by molar-refractivity contribution is 7.88. The van der Waals surface area contributed by atoms with Crippen molar-refractivity contribution in [2.45, 2.75) is 26.1 Å². The predicted molar refractivity (Wildman–Crippen MR) is 103 cm³/mol. The Balaban J connectivity index is 1.74. The molecule has 0 spiro atoms. The summed E-state index contributed by atoms with van der Waals surface area (Å²) in [4.78, 5) is 5.30. The Morgan fingerprint density at radius 3 is 2.59 bits per heavy atom. The van der Waals surface area contributed by atoms with Gasteiger partial charge in [0.25, 0.3) is 0 Å². The molecule has 0 amide bonds. The summed E-state index contributed by atoms with van der Waals surface area (Å²) in [5.41, 5.74) is 2.61. The first-order chi connectivity index (χ1) is 12.7. The fourth-order valence-electron chi connectivity index (χ4n) is 2.61. The molecule has 0 radical (unpaired) electrons. The van der Waals surface area contributed by atoms with E-state index in [1.165, 1.54) is 11.3 Å². The fourth-order valence-corrected chi connectivity index (χ4v) is 4.89. The van der Waals surface area contributed by atoms with Gasteiger partial charge in [-0.25, -0.2) is 26.9 Å². The third-order valence-electron chi connectivity index (χ3n) is 4.07. The number of aromatic nitrogens is 1. The van der Waals surface area contributed by atoms with Gasteiger partial charge in [-0.3, -0.25) is 0 Å². The number of halogens is 2. The minimum atomic E-state index is -3.83. The van der Waals surface area contributed by atoms with E-state index in [-0.39, 0.29) is 12.1 Å². The van der Waals surface area contributed by atoms with Crippen LogP contribution in [-0.2, 0) is 22.3 Å². The Kier molecular flexibility index (Phi) is 5.69. The third kappa shape index (κ3) is 4.77. The van der Waals surface area contributed by atoms with Crippen molar-refractivity contribution in [3.63, 3.8) is 0 Å². The maximum absolute atomic E-state index is 13.7. The average molecular weight is 408 g/mol. The number of benzene rings is 2. The van der Waals surface area contributed by atoms with Crippen molar-refractivity contribution in [3.8, 4) is 10.6 Å². The third-order valence-corrected chi connectivity index (χ3v) is 6.54. The van der Waals surface area contributed by atoms with Gasteiger partial charge in [-0.1, -0.05) is 24.3 Å². The minimum absolute atomic E-state index is 0.0502. The van der Waals surface area contributed by atoms with Crippen LogP contribution in [0.4, 0.5) is 8.78 Å². The Morgan fingerprint density at radius 1 is 1.11 bits per heavy atom. The second kappa shape index (κ2) is 7.84. The van der Waals surface area contributed by atoms with Crippen LogP contribution < -0.4 is 4.72 Å². The molecular weight excluding hydrogens is 390 g/mol. The lowest BCUT2D eigenvalue weighted by molar-refractivity contribution is 0.570. The maximum Gasteiger partial charge on any atom is 0.216 e. The summed E-state index contributed by atoms with van der Waals surface area (Å²) in [6, 6.07) is 10.6. The topological polar surface area (TPSA) is 59.1 Å². The summed E-state index contributed by atoms with van der Waals surface area (Å²) in [5.74, 6) is -2.06. The predicted octanol–water partition coefficient (Wildman–Crippen LogP) is 4.32. The largest absolute Gasteiger partial charge is 0.241 e. The van der Waals surface area contributed by atoms with E-state index in [1.54, 1.807) is 0 Å². The standard InChI is InChI=1S/C19H18F2N2O2S2/c1-12-5-3-4-6-16(12)19-23-13(2)18(26-19)10-22-27(24,25)11-14-9-15(20)7-8-17(14)21/h3-9,22H,10-11H2,1-2H3. The average Bonchev–Trinajstić information content (AvgIpc) is 2.97. The van der Waals surface area contributed by atoms with Crippen LogP contribution in [0.5, 0.6) is 0 Å². The number of sulfonamides is 1. The molecule has 0 aliphatic rings. The van der Waals surface area contributed by atoms with Crippen molar-refractivity contribution >= 4 is 21.4 Å². The van der Waals surface area contributed by atoms with Crippen LogP contribution in [0.25, 0.3) is 10.6 Å². The molecule has 0 unspecified atom stereocenters. The second-order valence-corrected chi connectivity index (χ2v) is 9.05. The van der Waals surface area contributed by atoms with Crippen molar-refractivity contribution in [2.24, 2.45) is 0 Å². The summed E-state index contributed by atoms with van der Waals surface area (Å²) in [6.45, 7) is 3.85. The molecule has 4 nitrogen and oxygen atoms in total. The van der Waals surface area contributed by atoms with Crippen LogP contribution in [0.15, 0.2) is 42.5 Å². The maximum atomic E-state index is 13.7. The Morgan fingerprint density at radius 2 is 1.85 bits per heavy atom. The van der Waals surface area contributed by atoms with E-state index in [2.05, 4.69) is 9.71 Å². The van der Waals surface area contributed by atoms with Crippen molar-refractivity contribution in [3.05, 3.63) is 75.8 Å². The van der Waals surface area contributed by atoms with E-state index in [0.717, 1.165) is 44.9 Å². The monoisotopic (exact) mass is 408 g/mol. The molecule has 1 heterocycles. The van der Waals surface area contributed by atoms with Gasteiger partial charge in [-0.2, -0.15) is 0 Å². The lowest BCUT2D eigenvalue weighted by atomic mass is 10.1. The molecule has 3 aromatic rings. The summed E-state index contributed by atoms with van der Waals surface area (Å²) >= 11 is 1.41. The van der Waals surface area contributed by atoms with Crippen LogP contribution in [0.1, 0.15) is 21.7 Å². The Bertz CT molecular complexity index is 1080. The molecule has 0 aliphatic carbocycles. The molecule has 0 saturated carbocycles. The molecule has 3 rings (SSSR count). The molecular formula is C19H18F2N2O2S2. The van der Waals surface area contributed by atoms with E-state index in [9.17, 15) is 17.2 Å². The van der Waals surface area contributed by atoms with Crippen molar-refractivity contribution in [2.75, 3.05) is 0 Å². The van der Waals surface area contributed by atoms with E-state index >= 15 is 0 Å². The van der Waals surface area contributed by atoms with Gasteiger partial charge in [0, 0.05) is 22.5 Å². The molecule has 8 heteroatoms. The number of thiazole rings is 1. The van der Waals surface area contributed by atoms with Gasteiger partial charge >= 0.3 is 0 Å². The summed E-state index contributed by atoms with van der Waals surface area (Å²) in [5, 5.41) is 0.816. The number of nitrogens with zero attached hydrogens (tertiary/aromatic N) is 1. The van der Waals surface area contributed by atoms with E-state index in [1.807, 2.05) is 38.1 Å². The summed E-state index contributed by atoms with van der Waals surface area (Å²) < 4.78 is 53.9. The second-order valence-electron chi connectivity index (χ2n) is 6.16. The van der Waals surface area contributed by atoms with Crippen molar-refractivity contribution in [1.82, 2.24) is 9.71 Å². The van der Waals surface area contributed by atoms with Gasteiger partial charge < -0.3 is 0 Å². The lowest BCUT2D eigenvalue weighted by Crippen LogP contribution is -2.25. The number of hydrogen-bond acceptors (Lipinski definition) is 4. The highest BCUT2D eigenvalue weighted by Crippen LogP contribution is 2.30. The zero-order chi connectivity index (χ0) is 19.6. The van der Waals surface area contributed by atoms with Crippen LogP contribution in [0.3, 0.4) is 0 Å². The highest BCUT2D eigenvalue weighted by Gasteiger charge is 2.17. The van der Waals surface area contributed by atoms with Gasteiger partial charge in [-0.15, -0.1) is 11.3 Å². The molecule has 0 fully saturated rings. The van der Waals surface area contributed by atoms with Crippen LogP contribution in [0, 0.1) is 25.5 Å². The zero-order valence-corrected chi connectivity index (χ0v) is 16.4. The SMILES string of the molecule is Cc1ccccc1-c1nc(C)c(CNS(=O)(=O)Cc2cc(F)ccc2F)s1. The quantitative estimate of drug-likeness (QED) is 0.661. The zero-order valence-electron chi connectivity index (χ0n) is 14.8. The van der Waals surface area contributed by atoms with E-state index in [0.29, 0.717) is 0 Å². The fraction of sp³-hybridized carbons (Fsp3) is 0.211. The van der Waals surface area contributed by atoms with Gasteiger partial charge in [0.2, 0.25) is 10.0 Å². The lowest BCUT2D eigenvalue weighted by Gasteiger charge is -2.07. The molecule has 0 saturated heterocycles. The molecule has 142 valence electrons. The van der Waals surface area contributed by atoms with E-state index < -0.39 is 27.4 Å². The Labute approximate surface area is 161 Å². The van der Waals surface area contributed by atoms with Crippen LogP contribution in [0.2, 0.25) is 0 Å². The molecule has 27 heavy (non-hydrogen) atoms. The highest BCUT2D eigenvalue weighted by atomic mass is 32.2. The first-order valence-electron chi connectivity index (χ1n) is 8.19. The summed E-state index contributed by atoms with van der Waals surface area (Å²) in [7, 11) is -3.83. The van der Waals surface area contributed by atoms with Gasteiger partial charge in [0.15, 0.2) is 0 Å². The normalized spacial score (nSPS) is 11.7. The van der Waals surface area contributed by atoms with Gasteiger partial charge in [-0.05, 0) is 37.6 Å². The molecule has 0 aliphatic heterocycles. The number of nitrogens with one attached hydrogen (secondary N) is 1. The molecule has 1 aromatic heterocycles. The van der Waals surface area contributed by atoms with Gasteiger partial charge in [0.05, 0.1) is 11.4 Å². The summed E-state index contributed by atoms with van der Waals surface area (Å²) in [6.07, 6.45) is 0. The van der Waals surface area contributed by atoms with Gasteiger partial charge in [0.1, 0.15) is 16.6 Å². The van der Waals surface area contributed by atoms with Crippen LogP contribution in [-0.4, -0.2) is 13.4 Å². The minimum Gasteiger partial charge on any atom is -0.241 e. The number of rotatable bonds is 6. The van der Waals surface area contributed by atoms with E-state index in [4.69, 9.17) is 0 Å². The number of aryl methyl sites for hydroxylation is 2. The van der Waals surface area contributed by atoms with Crippen LogP contribution >= 0.6 is 11.3 Å². The first-order valence-corrected chi connectivity index (χ1v) is 10.7. The van der Waals surface area contributed by atoms with Crippen molar-refractivity contribution in [1.29, 1.82) is 0 Å². The molecule has 1 N–H and O–H groups in total. The number of hydrogen-bond donors (Lipinski definition) is 1. The smallest absolute Gasteiger partial charge is 0.216 e. The first kappa shape index (κ1) is 19.6. The Hall–Kier alpha value is -2.16. The molecule has 0 bridgehead atoms. The molecule has 2 aromatic carbocycles. The molecule has 0 atom stereocenters.